The molecule has 1 aliphatic rings. The summed E-state index contributed by atoms with van der Waals surface area (Å²) < 4.78 is 0. The molecular formula is C20H27N5O. The molecule has 1 fully saturated rings. The molecule has 26 heavy (non-hydrogen) atoms. The Labute approximate surface area is 155 Å². The van der Waals surface area contributed by atoms with Gasteiger partial charge in [0.05, 0.1) is 0 Å². The van der Waals surface area contributed by atoms with E-state index in [2.05, 4.69) is 44.8 Å². The summed E-state index contributed by atoms with van der Waals surface area (Å²) in [5.41, 5.74) is 1.74. The van der Waals surface area contributed by atoms with Crippen molar-refractivity contribution in [2.75, 3.05) is 51.7 Å². The van der Waals surface area contributed by atoms with Crippen molar-refractivity contribution in [1.29, 1.82) is 0 Å². The SMILES string of the molecule is CN(C)CCNC(=O)c1cccc(N2CCN[C@@H](c3ccccc3)C2)n1. The van der Waals surface area contributed by atoms with Gasteiger partial charge in [-0.05, 0) is 31.8 Å². The number of hydrogen-bond donors (Lipinski definition) is 2. The number of rotatable bonds is 6. The van der Waals surface area contributed by atoms with Crippen LogP contribution < -0.4 is 15.5 Å². The molecule has 3 rings (SSSR count). The van der Waals surface area contributed by atoms with E-state index >= 15 is 0 Å². The Balaban J connectivity index is 1.66. The number of piperazine rings is 1. The first-order chi connectivity index (χ1) is 12.6. The highest BCUT2D eigenvalue weighted by molar-refractivity contribution is 5.92. The van der Waals surface area contributed by atoms with Crippen molar-refractivity contribution in [2.45, 2.75) is 6.04 Å². The quantitative estimate of drug-likeness (QED) is 0.825. The summed E-state index contributed by atoms with van der Waals surface area (Å²) in [6, 6.07) is 16.4. The van der Waals surface area contributed by atoms with Gasteiger partial charge in [-0.1, -0.05) is 36.4 Å². The molecule has 1 amide bonds. The molecule has 0 spiro atoms. The first-order valence-corrected chi connectivity index (χ1v) is 9.07. The minimum absolute atomic E-state index is 0.122. The Hall–Kier alpha value is -2.44. The number of likely N-dealkylation sites (N-methyl/N-ethyl adjacent to an activating group) is 1. The van der Waals surface area contributed by atoms with E-state index in [1.165, 1.54) is 5.56 Å². The van der Waals surface area contributed by atoms with E-state index in [1.807, 2.05) is 37.2 Å². The summed E-state index contributed by atoms with van der Waals surface area (Å²) in [5, 5.41) is 6.48. The first kappa shape index (κ1) is 18.4. The molecular weight excluding hydrogens is 326 g/mol. The molecule has 2 aromatic rings. The highest BCUT2D eigenvalue weighted by atomic mass is 16.1. The average molecular weight is 353 g/mol. The number of nitrogens with one attached hydrogen (secondary N) is 2. The Morgan fingerprint density at radius 3 is 2.81 bits per heavy atom. The Kier molecular flexibility index (Phi) is 6.20. The number of hydrogen-bond acceptors (Lipinski definition) is 5. The number of carbonyl (C=O) groups excluding carboxylic acids is 1. The number of aromatic nitrogens is 1. The second-order valence-electron chi connectivity index (χ2n) is 6.80. The van der Waals surface area contributed by atoms with Gasteiger partial charge >= 0.3 is 0 Å². The Morgan fingerprint density at radius 2 is 2.04 bits per heavy atom. The van der Waals surface area contributed by atoms with Crippen molar-refractivity contribution in [1.82, 2.24) is 20.5 Å². The zero-order valence-corrected chi connectivity index (χ0v) is 15.5. The van der Waals surface area contributed by atoms with Crippen LogP contribution in [-0.2, 0) is 0 Å². The molecule has 1 aromatic heterocycles. The number of benzene rings is 1. The molecule has 1 saturated heterocycles. The number of nitrogens with zero attached hydrogens (tertiary/aromatic N) is 3. The summed E-state index contributed by atoms with van der Waals surface area (Å²) in [7, 11) is 3.97. The summed E-state index contributed by atoms with van der Waals surface area (Å²) in [6.45, 7) is 4.02. The van der Waals surface area contributed by atoms with E-state index in [4.69, 9.17) is 0 Å². The van der Waals surface area contributed by atoms with Crippen LogP contribution in [0, 0.1) is 0 Å². The average Bonchev–Trinajstić information content (AvgIpc) is 2.68. The molecule has 6 heteroatoms. The van der Waals surface area contributed by atoms with Crippen LogP contribution in [0.4, 0.5) is 5.82 Å². The largest absolute Gasteiger partial charge is 0.353 e. The second-order valence-corrected chi connectivity index (χ2v) is 6.80. The van der Waals surface area contributed by atoms with E-state index in [9.17, 15) is 4.79 Å². The first-order valence-electron chi connectivity index (χ1n) is 9.07. The topological polar surface area (TPSA) is 60.5 Å². The van der Waals surface area contributed by atoms with Gasteiger partial charge in [0.15, 0.2) is 0 Å². The minimum Gasteiger partial charge on any atom is -0.353 e. The minimum atomic E-state index is -0.122. The zero-order chi connectivity index (χ0) is 18.4. The summed E-state index contributed by atoms with van der Waals surface area (Å²) in [5.74, 6) is 0.733. The maximum atomic E-state index is 12.3. The van der Waals surface area contributed by atoms with Crippen molar-refractivity contribution in [3.05, 3.63) is 59.8 Å². The van der Waals surface area contributed by atoms with Gasteiger partial charge in [0.25, 0.3) is 5.91 Å². The summed E-state index contributed by atoms with van der Waals surface area (Å²) in [4.78, 5) is 21.2. The number of pyridine rings is 1. The zero-order valence-electron chi connectivity index (χ0n) is 15.5. The van der Waals surface area contributed by atoms with Crippen LogP contribution in [0.3, 0.4) is 0 Å². The number of amides is 1. The molecule has 6 nitrogen and oxygen atoms in total. The van der Waals surface area contributed by atoms with Gasteiger partial charge in [0, 0.05) is 38.8 Å². The van der Waals surface area contributed by atoms with Crippen LogP contribution >= 0.6 is 0 Å². The predicted molar refractivity (Wildman–Crippen MR) is 105 cm³/mol. The van der Waals surface area contributed by atoms with Gasteiger partial charge in [-0.3, -0.25) is 4.79 Å². The molecule has 0 bridgehead atoms. The van der Waals surface area contributed by atoms with E-state index in [-0.39, 0.29) is 11.9 Å². The van der Waals surface area contributed by atoms with Crippen LogP contribution in [0.15, 0.2) is 48.5 Å². The van der Waals surface area contributed by atoms with Gasteiger partial charge in [-0.2, -0.15) is 0 Å². The molecule has 138 valence electrons. The standard InChI is InChI=1S/C20H27N5O/c1-24(2)13-11-22-20(26)17-9-6-10-19(23-17)25-14-12-21-18(15-25)16-7-4-3-5-8-16/h3-10,18,21H,11-15H2,1-2H3,(H,22,26)/t18-/m1/s1. The molecule has 0 aliphatic carbocycles. The van der Waals surface area contributed by atoms with Gasteiger partial charge in [-0.25, -0.2) is 4.98 Å². The number of anilines is 1. The lowest BCUT2D eigenvalue weighted by atomic mass is 10.0. The van der Waals surface area contributed by atoms with Crippen LogP contribution in [0.25, 0.3) is 0 Å². The van der Waals surface area contributed by atoms with E-state index in [1.54, 1.807) is 6.07 Å². The fourth-order valence-electron chi connectivity index (χ4n) is 3.08. The van der Waals surface area contributed by atoms with Crippen LogP contribution in [0.5, 0.6) is 0 Å². The predicted octanol–water partition coefficient (Wildman–Crippen LogP) is 1.52. The lowest BCUT2D eigenvalue weighted by Gasteiger charge is -2.35. The van der Waals surface area contributed by atoms with Crippen LogP contribution in [0.2, 0.25) is 0 Å². The maximum Gasteiger partial charge on any atom is 0.270 e. The van der Waals surface area contributed by atoms with Crippen molar-refractivity contribution in [3.8, 4) is 0 Å². The van der Waals surface area contributed by atoms with Crippen molar-refractivity contribution < 1.29 is 4.79 Å². The van der Waals surface area contributed by atoms with Gasteiger partial charge < -0.3 is 20.4 Å². The Bertz CT molecular complexity index is 719. The van der Waals surface area contributed by atoms with Crippen molar-refractivity contribution in [3.63, 3.8) is 0 Å². The molecule has 0 radical (unpaired) electrons. The molecule has 1 aliphatic heterocycles. The molecule has 2 heterocycles. The number of carbonyl (C=O) groups is 1. The molecule has 1 aromatic carbocycles. The maximum absolute atomic E-state index is 12.3. The Morgan fingerprint density at radius 1 is 1.23 bits per heavy atom. The molecule has 1 atom stereocenters. The molecule has 0 unspecified atom stereocenters. The lowest BCUT2D eigenvalue weighted by Crippen LogP contribution is -2.46. The third kappa shape index (κ3) is 4.80. The normalized spacial score (nSPS) is 17.3. The third-order valence-corrected chi connectivity index (χ3v) is 4.51. The molecule has 0 saturated carbocycles. The van der Waals surface area contributed by atoms with E-state index in [0.29, 0.717) is 12.2 Å². The monoisotopic (exact) mass is 353 g/mol. The van der Waals surface area contributed by atoms with Crippen LogP contribution in [0.1, 0.15) is 22.1 Å². The van der Waals surface area contributed by atoms with Crippen LogP contribution in [-0.4, -0.2) is 62.6 Å². The van der Waals surface area contributed by atoms with Gasteiger partial charge in [0.2, 0.25) is 0 Å². The van der Waals surface area contributed by atoms with Gasteiger partial charge in [0.1, 0.15) is 11.5 Å². The summed E-state index contributed by atoms with van der Waals surface area (Å²) >= 11 is 0. The fourth-order valence-corrected chi connectivity index (χ4v) is 3.08. The van der Waals surface area contributed by atoms with E-state index in [0.717, 1.165) is 32.0 Å². The van der Waals surface area contributed by atoms with Crippen molar-refractivity contribution in [2.24, 2.45) is 0 Å². The fraction of sp³-hybridized carbons (Fsp3) is 0.400. The third-order valence-electron chi connectivity index (χ3n) is 4.51. The molecule has 2 N–H and O–H groups in total. The van der Waals surface area contributed by atoms with Crippen molar-refractivity contribution >= 4 is 11.7 Å². The lowest BCUT2D eigenvalue weighted by molar-refractivity contribution is 0.0946. The summed E-state index contributed by atoms with van der Waals surface area (Å²) in [6.07, 6.45) is 0. The smallest absolute Gasteiger partial charge is 0.270 e. The van der Waals surface area contributed by atoms with E-state index < -0.39 is 0 Å². The highest BCUT2D eigenvalue weighted by Gasteiger charge is 2.22. The van der Waals surface area contributed by atoms with Gasteiger partial charge in [-0.15, -0.1) is 0 Å². The second kappa shape index (κ2) is 8.78. The highest BCUT2D eigenvalue weighted by Crippen LogP contribution is 2.21.